The molecule has 0 radical (unpaired) electrons. The third-order valence-electron chi connectivity index (χ3n) is 8.13. The number of carbonyl (C=O) groups excluding carboxylic acids is 1. The highest BCUT2D eigenvalue weighted by Crippen LogP contribution is 2.38. The summed E-state index contributed by atoms with van der Waals surface area (Å²) >= 11 is 0. The molecule has 2 heterocycles. The number of carbonyl (C=O) groups is 1. The molecule has 2 saturated heterocycles. The lowest BCUT2D eigenvalue weighted by Crippen LogP contribution is -2.57. The van der Waals surface area contributed by atoms with Gasteiger partial charge in [-0.15, -0.1) is 0 Å². The molecule has 2 aliphatic heterocycles. The molecule has 0 bridgehead atoms. The number of rotatable bonds is 7. The number of nitrogens with zero attached hydrogens (tertiary/aromatic N) is 1. The number of amides is 1. The van der Waals surface area contributed by atoms with E-state index in [1.807, 2.05) is 0 Å². The molecule has 1 amide bonds. The molecule has 0 aromatic heterocycles. The first-order chi connectivity index (χ1) is 14.7. The van der Waals surface area contributed by atoms with E-state index in [2.05, 4.69) is 40.4 Å². The molecule has 0 aromatic carbocycles. The molecule has 4 fully saturated rings. The Morgan fingerprint density at radius 3 is 2.58 bits per heavy atom. The van der Waals surface area contributed by atoms with Crippen molar-refractivity contribution in [2.75, 3.05) is 20.0 Å². The van der Waals surface area contributed by atoms with Gasteiger partial charge in [0.1, 0.15) is 9.84 Å². The Morgan fingerprint density at radius 1 is 1.16 bits per heavy atom. The fraction of sp³-hybridized carbons (Fsp3) is 0.955. The summed E-state index contributed by atoms with van der Waals surface area (Å²) in [6.45, 7) is 3.20. The minimum Gasteiger partial charge on any atom is -0.352 e. The fourth-order valence-electron chi connectivity index (χ4n) is 5.87. The van der Waals surface area contributed by atoms with Crippen molar-refractivity contribution in [1.29, 1.82) is 0 Å². The second-order valence-electron chi connectivity index (χ2n) is 10.7. The molecule has 0 spiro atoms. The number of hydrogen-bond donors (Lipinski definition) is 4. The third kappa shape index (κ3) is 5.99. The largest absolute Gasteiger partial charge is 0.352 e. The fourth-order valence-corrected chi connectivity index (χ4v) is 6.96. The molecule has 31 heavy (non-hydrogen) atoms. The lowest BCUT2D eigenvalue weighted by Gasteiger charge is -2.38. The summed E-state index contributed by atoms with van der Waals surface area (Å²) in [5.41, 5.74) is 6.55. The Morgan fingerprint density at radius 2 is 1.94 bits per heavy atom. The highest BCUT2D eigenvalue weighted by molar-refractivity contribution is 7.91. The highest BCUT2D eigenvalue weighted by atomic mass is 32.2. The molecule has 7 atom stereocenters. The minimum absolute atomic E-state index is 0.00121. The Balaban J connectivity index is 1.31. The van der Waals surface area contributed by atoms with Crippen LogP contribution in [0.25, 0.3) is 0 Å². The van der Waals surface area contributed by atoms with Gasteiger partial charge < -0.3 is 10.6 Å². The van der Waals surface area contributed by atoms with E-state index < -0.39 is 15.1 Å². The van der Waals surface area contributed by atoms with Crippen molar-refractivity contribution in [3.8, 4) is 0 Å². The van der Waals surface area contributed by atoms with Crippen molar-refractivity contribution < 1.29 is 13.2 Å². The topological polar surface area (TPSA) is 103 Å². The standard InChI is InChI=1S/C22H41N5O3S/c1-14(9-21-26-23-13-27(21)2)16-5-4-6-17(10-16)24-22(28)20-12-18(31(3,29)30)11-19(25-20)15-7-8-15/h14-21,23,25-26H,4-13H2,1-3H3,(H,24,28)/t14-,16?,17?,18?,19?,20?,21?/m0/s1. The molecular weight excluding hydrogens is 414 g/mol. The van der Waals surface area contributed by atoms with Gasteiger partial charge in [0.25, 0.3) is 0 Å². The van der Waals surface area contributed by atoms with Crippen LogP contribution in [0.15, 0.2) is 0 Å². The van der Waals surface area contributed by atoms with Gasteiger partial charge in [-0.05, 0) is 69.7 Å². The number of sulfone groups is 1. The van der Waals surface area contributed by atoms with Crippen molar-refractivity contribution in [1.82, 2.24) is 26.4 Å². The van der Waals surface area contributed by atoms with Gasteiger partial charge in [-0.1, -0.05) is 19.8 Å². The third-order valence-corrected chi connectivity index (χ3v) is 9.73. The second kappa shape index (κ2) is 9.63. The summed E-state index contributed by atoms with van der Waals surface area (Å²) in [6.07, 6.45) is 10.5. The van der Waals surface area contributed by atoms with Gasteiger partial charge in [0.15, 0.2) is 0 Å². The van der Waals surface area contributed by atoms with E-state index in [4.69, 9.17) is 0 Å². The predicted molar refractivity (Wildman–Crippen MR) is 122 cm³/mol. The number of piperidine rings is 1. The zero-order valence-corrected chi connectivity index (χ0v) is 20.1. The molecule has 2 aliphatic carbocycles. The molecule has 6 unspecified atom stereocenters. The van der Waals surface area contributed by atoms with Crippen LogP contribution in [0.1, 0.15) is 64.7 Å². The summed E-state index contributed by atoms with van der Waals surface area (Å²) in [5.74, 6) is 1.73. The van der Waals surface area contributed by atoms with Gasteiger partial charge in [-0.3, -0.25) is 9.69 Å². The Bertz CT molecular complexity index is 743. The first kappa shape index (κ1) is 23.4. The van der Waals surface area contributed by atoms with Crippen LogP contribution in [0.2, 0.25) is 0 Å². The maximum Gasteiger partial charge on any atom is 0.237 e. The van der Waals surface area contributed by atoms with Gasteiger partial charge in [0.05, 0.1) is 24.1 Å². The van der Waals surface area contributed by atoms with E-state index in [9.17, 15) is 13.2 Å². The van der Waals surface area contributed by atoms with Crippen LogP contribution in [-0.4, -0.2) is 68.7 Å². The van der Waals surface area contributed by atoms with E-state index in [-0.39, 0.29) is 24.0 Å². The first-order valence-corrected chi connectivity index (χ1v) is 14.1. The van der Waals surface area contributed by atoms with Crippen molar-refractivity contribution in [2.45, 2.75) is 94.3 Å². The number of nitrogens with one attached hydrogen (secondary N) is 4. The second-order valence-corrected chi connectivity index (χ2v) is 13.0. The molecule has 4 N–H and O–H groups in total. The Labute approximate surface area is 187 Å². The highest BCUT2D eigenvalue weighted by Gasteiger charge is 2.43. The van der Waals surface area contributed by atoms with E-state index in [1.54, 1.807) is 0 Å². The summed E-state index contributed by atoms with van der Waals surface area (Å²) in [4.78, 5) is 15.4. The number of hydrogen-bond acceptors (Lipinski definition) is 7. The lowest BCUT2D eigenvalue weighted by atomic mass is 9.77. The monoisotopic (exact) mass is 455 g/mol. The van der Waals surface area contributed by atoms with Crippen molar-refractivity contribution in [2.24, 2.45) is 17.8 Å². The van der Waals surface area contributed by atoms with Gasteiger partial charge >= 0.3 is 0 Å². The van der Waals surface area contributed by atoms with Crippen LogP contribution in [-0.2, 0) is 14.6 Å². The summed E-state index contributed by atoms with van der Waals surface area (Å²) < 4.78 is 24.5. The lowest BCUT2D eigenvalue weighted by molar-refractivity contribution is -0.125. The Hall–Kier alpha value is -0.740. The quantitative estimate of drug-likeness (QED) is 0.453. The van der Waals surface area contributed by atoms with Gasteiger partial charge in [-0.2, -0.15) is 0 Å². The zero-order valence-electron chi connectivity index (χ0n) is 19.3. The van der Waals surface area contributed by atoms with Crippen molar-refractivity contribution in [3.63, 3.8) is 0 Å². The number of hydrazine groups is 1. The smallest absolute Gasteiger partial charge is 0.237 e. The molecule has 178 valence electrons. The SMILES string of the molecule is C[C@@H](CC1NNCN1C)C1CCCC(NC(=O)C2CC(S(C)(=O)=O)CC(C3CC3)N2)C1. The Kier molecular flexibility index (Phi) is 7.28. The molecule has 4 rings (SSSR count). The summed E-state index contributed by atoms with van der Waals surface area (Å²) in [7, 11) is -1.01. The summed E-state index contributed by atoms with van der Waals surface area (Å²) in [6, 6.07) is -0.0342. The van der Waals surface area contributed by atoms with Gasteiger partial charge in [-0.25, -0.2) is 19.3 Å². The maximum atomic E-state index is 13.1. The zero-order chi connectivity index (χ0) is 22.2. The minimum atomic E-state index is -3.14. The molecule has 4 aliphatic rings. The van der Waals surface area contributed by atoms with Gasteiger partial charge in [0.2, 0.25) is 5.91 Å². The molecular formula is C22H41N5O3S. The molecule has 8 nitrogen and oxygen atoms in total. The normalized spacial score (nSPS) is 38.7. The van der Waals surface area contributed by atoms with Crippen LogP contribution < -0.4 is 21.5 Å². The molecule has 0 aromatic rings. The van der Waals surface area contributed by atoms with Crippen molar-refractivity contribution in [3.05, 3.63) is 0 Å². The van der Waals surface area contributed by atoms with E-state index in [0.29, 0.717) is 36.8 Å². The van der Waals surface area contributed by atoms with Crippen LogP contribution in [0, 0.1) is 17.8 Å². The van der Waals surface area contributed by atoms with E-state index in [0.717, 1.165) is 45.2 Å². The van der Waals surface area contributed by atoms with Crippen LogP contribution in [0.4, 0.5) is 0 Å². The van der Waals surface area contributed by atoms with Crippen LogP contribution in [0.3, 0.4) is 0 Å². The molecule has 2 saturated carbocycles. The van der Waals surface area contributed by atoms with Crippen LogP contribution >= 0.6 is 0 Å². The van der Waals surface area contributed by atoms with Gasteiger partial charge in [0, 0.05) is 18.3 Å². The molecule has 9 heteroatoms. The first-order valence-electron chi connectivity index (χ1n) is 12.1. The predicted octanol–water partition coefficient (Wildman–Crippen LogP) is 0.955. The van der Waals surface area contributed by atoms with E-state index in [1.165, 1.54) is 12.7 Å². The van der Waals surface area contributed by atoms with E-state index >= 15 is 0 Å². The average molecular weight is 456 g/mol. The van der Waals surface area contributed by atoms with Crippen LogP contribution in [0.5, 0.6) is 0 Å². The summed E-state index contributed by atoms with van der Waals surface area (Å²) in [5, 5.41) is 6.39. The average Bonchev–Trinajstić information content (AvgIpc) is 3.51. The van der Waals surface area contributed by atoms with Crippen molar-refractivity contribution >= 4 is 15.7 Å². The maximum absolute atomic E-state index is 13.1.